The minimum Gasteiger partial charge on any atom is -0.371 e. The highest BCUT2D eigenvalue weighted by Crippen LogP contribution is 2.19. The van der Waals surface area contributed by atoms with E-state index >= 15 is 0 Å². The van der Waals surface area contributed by atoms with Crippen LogP contribution in [0.3, 0.4) is 0 Å². The van der Waals surface area contributed by atoms with Gasteiger partial charge >= 0.3 is 6.18 Å². The summed E-state index contributed by atoms with van der Waals surface area (Å²) < 4.78 is 37.4. The van der Waals surface area contributed by atoms with Crippen molar-refractivity contribution in [3.8, 4) is 0 Å². The molecule has 0 radical (unpaired) electrons. The van der Waals surface area contributed by atoms with Crippen LogP contribution in [0.2, 0.25) is 0 Å². The van der Waals surface area contributed by atoms with E-state index in [0.717, 1.165) is 31.4 Å². The van der Waals surface area contributed by atoms with Gasteiger partial charge in [-0.15, -0.1) is 0 Å². The molecule has 1 saturated heterocycles. The molecule has 0 amide bonds. The molecular formula is C13H20F3N3. The molecule has 0 aliphatic carbocycles. The second-order valence-electron chi connectivity index (χ2n) is 4.76. The Morgan fingerprint density at radius 2 is 2.00 bits per heavy atom. The zero-order valence-corrected chi connectivity index (χ0v) is 11.5. The first-order chi connectivity index (χ1) is 8.75. The van der Waals surface area contributed by atoms with Crippen molar-refractivity contribution in [3.63, 3.8) is 0 Å². The number of halogens is 3. The van der Waals surface area contributed by atoms with Crippen molar-refractivity contribution in [1.82, 2.24) is 9.80 Å². The molecule has 6 heteroatoms. The van der Waals surface area contributed by atoms with Crippen LogP contribution >= 0.6 is 0 Å². The van der Waals surface area contributed by atoms with Gasteiger partial charge < -0.3 is 9.80 Å². The maximum atomic E-state index is 12.5. The van der Waals surface area contributed by atoms with Crippen molar-refractivity contribution in [2.24, 2.45) is 4.99 Å². The van der Waals surface area contributed by atoms with Gasteiger partial charge in [0.25, 0.3) is 0 Å². The van der Waals surface area contributed by atoms with Crippen LogP contribution in [0.1, 0.15) is 13.8 Å². The van der Waals surface area contributed by atoms with E-state index in [1.807, 2.05) is 11.9 Å². The summed E-state index contributed by atoms with van der Waals surface area (Å²) in [5, 5.41) is 0. The molecule has 3 nitrogen and oxygen atoms in total. The van der Waals surface area contributed by atoms with Crippen molar-refractivity contribution >= 4 is 5.71 Å². The minimum absolute atomic E-state index is 0.377. The lowest BCUT2D eigenvalue weighted by molar-refractivity contribution is -0.0576. The summed E-state index contributed by atoms with van der Waals surface area (Å²) in [6.45, 7) is 9.49. The standard InChI is InChI=1S/C13H20F3N3/c1-5-12(13(14,15)16)17-8-10(2)19-7-6-18(4)11(3)9-19/h5,8,11H,1,6-7,9H2,2-4H3/b10-8+,17-12?. The molecule has 0 spiro atoms. The monoisotopic (exact) mass is 275 g/mol. The topological polar surface area (TPSA) is 18.8 Å². The van der Waals surface area contributed by atoms with Gasteiger partial charge in [-0.1, -0.05) is 6.58 Å². The van der Waals surface area contributed by atoms with Crippen molar-refractivity contribution in [3.05, 3.63) is 24.6 Å². The predicted molar refractivity (Wildman–Crippen MR) is 71.1 cm³/mol. The molecule has 0 bridgehead atoms. The Bertz CT molecular complexity index is 385. The third-order valence-corrected chi connectivity index (χ3v) is 3.33. The third-order valence-electron chi connectivity index (χ3n) is 3.33. The molecule has 0 N–H and O–H groups in total. The quantitative estimate of drug-likeness (QED) is 0.737. The Labute approximate surface area is 112 Å². The van der Waals surface area contributed by atoms with E-state index in [9.17, 15) is 13.2 Å². The highest BCUT2D eigenvalue weighted by molar-refractivity contribution is 5.99. The van der Waals surface area contributed by atoms with Gasteiger partial charge in [-0.05, 0) is 27.0 Å². The molecule has 1 heterocycles. The number of aliphatic imine (C=N–C) groups is 1. The molecule has 1 unspecified atom stereocenters. The first-order valence-electron chi connectivity index (χ1n) is 6.15. The summed E-state index contributed by atoms with van der Waals surface area (Å²) in [5.74, 6) is 0. The summed E-state index contributed by atoms with van der Waals surface area (Å²) in [4.78, 5) is 7.76. The van der Waals surface area contributed by atoms with Crippen LogP contribution in [0, 0.1) is 0 Å². The molecule has 1 rings (SSSR count). The average Bonchev–Trinajstić information content (AvgIpc) is 2.31. The fourth-order valence-corrected chi connectivity index (χ4v) is 1.86. The van der Waals surface area contributed by atoms with E-state index in [1.54, 1.807) is 6.92 Å². The summed E-state index contributed by atoms with van der Waals surface area (Å²) in [6.07, 6.45) is -2.45. The first-order valence-corrected chi connectivity index (χ1v) is 6.15. The number of allylic oxidation sites excluding steroid dienone is 2. The highest BCUT2D eigenvalue weighted by Gasteiger charge is 2.33. The molecule has 1 fully saturated rings. The van der Waals surface area contributed by atoms with Crippen LogP contribution in [0.15, 0.2) is 29.5 Å². The van der Waals surface area contributed by atoms with Gasteiger partial charge in [0.2, 0.25) is 0 Å². The summed E-state index contributed by atoms with van der Waals surface area (Å²) in [5.41, 5.74) is -0.224. The van der Waals surface area contributed by atoms with Crippen LogP contribution in [-0.2, 0) is 0 Å². The normalized spacial score (nSPS) is 23.7. The van der Waals surface area contributed by atoms with Gasteiger partial charge in [0.1, 0.15) is 5.71 Å². The molecule has 1 atom stereocenters. The maximum Gasteiger partial charge on any atom is 0.433 e. The van der Waals surface area contributed by atoms with Crippen molar-refractivity contribution < 1.29 is 13.2 Å². The number of alkyl halides is 3. The van der Waals surface area contributed by atoms with Crippen LogP contribution < -0.4 is 0 Å². The SMILES string of the molecule is C=CC(=N/C=C(\C)N1CCN(C)C(C)C1)C(F)(F)F. The first kappa shape index (κ1) is 15.8. The van der Waals surface area contributed by atoms with Crippen molar-refractivity contribution in [2.45, 2.75) is 26.1 Å². The molecule has 0 aromatic carbocycles. The molecule has 108 valence electrons. The summed E-state index contributed by atoms with van der Waals surface area (Å²) in [7, 11) is 2.04. The van der Waals surface area contributed by atoms with Crippen LogP contribution in [0.4, 0.5) is 13.2 Å². The average molecular weight is 275 g/mol. The van der Waals surface area contributed by atoms with Gasteiger partial charge in [-0.3, -0.25) is 4.99 Å². The summed E-state index contributed by atoms with van der Waals surface area (Å²) >= 11 is 0. The zero-order chi connectivity index (χ0) is 14.6. The molecule has 1 aliphatic heterocycles. The molecule has 0 saturated carbocycles. The Kier molecular flexibility index (Phi) is 5.17. The minimum atomic E-state index is -4.45. The molecule has 0 aromatic heterocycles. The van der Waals surface area contributed by atoms with Crippen LogP contribution in [0.5, 0.6) is 0 Å². The number of hydrogen-bond donors (Lipinski definition) is 0. The maximum absolute atomic E-state index is 12.5. The van der Waals surface area contributed by atoms with Gasteiger partial charge in [0.15, 0.2) is 0 Å². The number of hydrogen-bond acceptors (Lipinski definition) is 3. The van der Waals surface area contributed by atoms with Crippen molar-refractivity contribution in [2.75, 3.05) is 26.7 Å². The number of nitrogens with zero attached hydrogens (tertiary/aromatic N) is 3. The van der Waals surface area contributed by atoms with E-state index < -0.39 is 11.9 Å². The summed E-state index contributed by atoms with van der Waals surface area (Å²) in [6, 6.07) is 0.377. The fourth-order valence-electron chi connectivity index (χ4n) is 1.86. The van der Waals surface area contributed by atoms with Gasteiger partial charge in [-0.2, -0.15) is 13.2 Å². The number of piperazine rings is 1. The van der Waals surface area contributed by atoms with Crippen molar-refractivity contribution in [1.29, 1.82) is 0 Å². The van der Waals surface area contributed by atoms with E-state index in [2.05, 4.69) is 23.4 Å². The van der Waals surface area contributed by atoms with E-state index in [4.69, 9.17) is 0 Å². The largest absolute Gasteiger partial charge is 0.433 e. The lowest BCUT2D eigenvalue weighted by Crippen LogP contribution is -2.49. The molecule has 1 aliphatic rings. The lowest BCUT2D eigenvalue weighted by Gasteiger charge is -2.39. The number of rotatable bonds is 3. The number of likely N-dealkylation sites (N-methyl/N-ethyl adjacent to an activating group) is 1. The molecule has 0 aromatic rings. The van der Waals surface area contributed by atoms with Crippen LogP contribution in [-0.4, -0.2) is 54.4 Å². The smallest absolute Gasteiger partial charge is 0.371 e. The van der Waals surface area contributed by atoms with Gasteiger partial charge in [0.05, 0.1) is 0 Å². The Balaban J connectivity index is 2.77. The van der Waals surface area contributed by atoms with Gasteiger partial charge in [-0.25, -0.2) is 0 Å². The van der Waals surface area contributed by atoms with Crippen LogP contribution in [0.25, 0.3) is 0 Å². The Hall–Kier alpha value is -1.30. The highest BCUT2D eigenvalue weighted by atomic mass is 19.4. The molecular weight excluding hydrogens is 255 g/mol. The fraction of sp³-hybridized carbons (Fsp3) is 0.615. The Morgan fingerprint density at radius 3 is 2.47 bits per heavy atom. The van der Waals surface area contributed by atoms with Gasteiger partial charge in [0, 0.05) is 37.6 Å². The second kappa shape index (κ2) is 6.23. The third kappa shape index (κ3) is 4.38. The zero-order valence-electron chi connectivity index (χ0n) is 11.5. The second-order valence-corrected chi connectivity index (χ2v) is 4.76. The predicted octanol–water partition coefficient (Wildman–Crippen LogP) is 2.67. The Morgan fingerprint density at radius 1 is 1.37 bits per heavy atom. The van der Waals surface area contributed by atoms with E-state index in [1.165, 1.54) is 6.20 Å². The molecule has 19 heavy (non-hydrogen) atoms. The van der Waals surface area contributed by atoms with E-state index in [-0.39, 0.29) is 0 Å². The lowest BCUT2D eigenvalue weighted by atomic mass is 10.2. The van der Waals surface area contributed by atoms with E-state index in [0.29, 0.717) is 6.04 Å².